The van der Waals surface area contributed by atoms with E-state index in [4.69, 9.17) is 0 Å². The van der Waals surface area contributed by atoms with Crippen LogP contribution in [0.15, 0.2) is 18.3 Å². The Hall–Kier alpha value is -0.840. The van der Waals surface area contributed by atoms with Crippen LogP contribution in [-0.4, -0.2) is 42.0 Å². The average Bonchev–Trinajstić information content (AvgIpc) is 2.78. The van der Waals surface area contributed by atoms with Crippen molar-refractivity contribution < 1.29 is 4.79 Å². The molecule has 0 bridgehead atoms. The van der Waals surface area contributed by atoms with Gasteiger partial charge in [0, 0.05) is 25.0 Å². The highest BCUT2D eigenvalue weighted by Crippen LogP contribution is 2.27. The Kier molecular flexibility index (Phi) is 6.91. The summed E-state index contributed by atoms with van der Waals surface area (Å²) in [6.45, 7) is 5.96. The molecule has 1 aromatic rings. The first-order valence-corrected chi connectivity index (χ1v) is 7.16. The molecular weight excluding hydrogens is 309 g/mol. The number of likely N-dealkylation sites (tertiary alicyclic amines) is 1. The van der Waals surface area contributed by atoms with E-state index in [1.54, 1.807) is 6.20 Å². The molecule has 21 heavy (non-hydrogen) atoms. The van der Waals surface area contributed by atoms with Crippen LogP contribution in [0.2, 0.25) is 0 Å². The molecule has 0 aromatic carbocycles. The number of carbonyl (C=O) groups is 1. The zero-order chi connectivity index (χ0) is 13.2. The molecule has 6 heteroatoms. The lowest BCUT2D eigenvalue weighted by atomic mass is 9.92. The van der Waals surface area contributed by atoms with Crippen LogP contribution in [0.5, 0.6) is 0 Å². The predicted molar refractivity (Wildman–Crippen MR) is 88.5 cm³/mol. The summed E-state index contributed by atoms with van der Waals surface area (Å²) in [4.78, 5) is 18.7. The molecular formula is C15H23Cl2N3O. The minimum Gasteiger partial charge on any atom is -0.339 e. The van der Waals surface area contributed by atoms with Crippen LogP contribution in [0.1, 0.15) is 28.9 Å². The maximum atomic E-state index is 12.5. The normalized spacial score (nSPS) is 24.3. The van der Waals surface area contributed by atoms with Crippen LogP contribution in [-0.2, 0) is 0 Å². The summed E-state index contributed by atoms with van der Waals surface area (Å²) in [5, 5.41) is 3.46. The quantitative estimate of drug-likeness (QED) is 0.858. The number of hydrogen-bond donors (Lipinski definition) is 1. The van der Waals surface area contributed by atoms with Crippen molar-refractivity contribution in [3.63, 3.8) is 0 Å². The molecule has 2 aliphatic heterocycles. The summed E-state index contributed by atoms with van der Waals surface area (Å²) in [6.07, 6.45) is 3.95. The highest BCUT2D eigenvalue weighted by atomic mass is 35.5. The summed E-state index contributed by atoms with van der Waals surface area (Å²) in [7, 11) is 0. The van der Waals surface area contributed by atoms with Gasteiger partial charge in [0.05, 0.1) is 5.56 Å². The van der Waals surface area contributed by atoms with E-state index >= 15 is 0 Å². The Balaban J connectivity index is 0.00000110. The third kappa shape index (κ3) is 4.09. The summed E-state index contributed by atoms with van der Waals surface area (Å²) < 4.78 is 0. The zero-order valence-corrected chi connectivity index (χ0v) is 13.9. The van der Waals surface area contributed by atoms with Gasteiger partial charge in [-0.05, 0) is 56.8 Å². The SMILES string of the molecule is Cc1ccc(C(=O)N2CC[C@@H]3CNC[C@@H]3CC2)cn1.Cl.Cl. The molecule has 2 fully saturated rings. The predicted octanol–water partition coefficient (Wildman–Crippen LogP) is 2.31. The molecule has 0 aliphatic carbocycles. The van der Waals surface area contributed by atoms with E-state index in [1.807, 2.05) is 24.0 Å². The number of aromatic nitrogens is 1. The maximum Gasteiger partial charge on any atom is 0.255 e. The highest BCUT2D eigenvalue weighted by molar-refractivity contribution is 5.93. The topological polar surface area (TPSA) is 45.2 Å². The minimum absolute atomic E-state index is 0. The molecule has 1 N–H and O–H groups in total. The second kappa shape index (κ2) is 7.97. The van der Waals surface area contributed by atoms with Crippen LogP contribution in [0.4, 0.5) is 0 Å². The van der Waals surface area contributed by atoms with Crippen LogP contribution < -0.4 is 5.32 Å². The molecule has 1 amide bonds. The van der Waals surface area contributed by atoms with Gasteiger partial charge in [0.1, 0.15) is 0 Å². The Morgan fingerprint density at radius 3 is 2.33 bits per heavy atom. The smallest absolute Gasteiger partial charge is 0.255 e. The molecule has 2 aliphatic rings. The van der Waals surface area contributed by atoms with Gasteiger partial charge in [0.2, 0.25) is 0 Å². The van der Waals surface area contributed by atoms with E-state index in [0.29, 0.717) is 0 Å². The van der Waals surface area contributed by atoms with Gasteiger partial charge in [-0.2, -0.15) is 0 Å². The van der Waals surface area contributed by atoms with Crippen LogP contribution >= 0.6 is 24.8 Å². The number of hydrogen-bond acceptors (Lipinski definition) is 3. The van der Waals surface area contributed by atoms with Crippen molar-refractivity contribution in [3.05, 3.63) is 29.6 Å². The van der Waals surface area contributed by atoms with Crippen molar-refractivity contribution >= 4 is 30.7 Å². The fraction of sp³-hybridized carbons (Fsp3) is 0.600. The van der Waals surface area contributed by atoms with E-state index in [2.05, 4.69) is 10.3 Å². The third-order valence-electron chi connectivity index (χ3n) is 4.46. The van der Waals surface area contributed by atoms with E-state index in [-0.39, 0.29) is 30.7 Å². The first kappa shape index (κ1) is 18.2. The van der Waals surface area contributed by atoms with Crippen molar-refractivity contribution in [2.75, 3.05) is 26.2 Å². The largest absolute Gasteiger partial charge is 0.339 e. The molecule has 2 saturated heterocycles. The number of rotatable bonds is 1. The summed E-state index contributed by atoms with van der Waals surface area (Å²) >= 11 is 0. The van der Waals surface area contributed by atoms with Gasteiger partial charge in [-0.3, -0.25) is 9.78 Å². The van der Waals surface area contributed by atoms with Crippen molar-refractivity contribution in [2.45, 2.75) is 19.8 Å². The summed E-state index contributed by atoms with van der Waals surface area (Å²) in [5.74, 6) is 1.66. The van der Waals surface area contributed by atoms with Gasteiger partial charge in [-0.1, -0.05) is 0 Å². The fourth-order valence-electron chi connectivity index (χ4n) is 3.20. The van der Waals surface area contributed by atoms with Crippen LogP contribution in [0.25, 0.3) is 0 Å². The molecule has 2 atom stereocenters. The van der Waals surface area contributed by atoms with Crippen molar-refractivity contribution in [2.24, 2.45) is 11.8 Å². The Labute approximate surface area is 138 Å². The number of nitrogens with one attached hydrogen (secondary N) is 1. The van der Waals surface area contributed by atoms with Crippen LogP contribution in [0.3, 0.4) is 0 Å². The number of amides is 1. The van der Waals surface area contributed by atoms with Gasteiger partial charge in [0.15, 0.2) is 0 Å². The minimum atomic E-state index is 0. The van der Waals surface area contributed by atoms with Gasteiger partial charge in [0.25, 0.3) is 5.91 Å². The number of nitrogens with zero attached hydrogens (tertiary/aromatic N) is 2. The van der Waals surface area contributed by atoms with E-state index < -0.39 is 0 Å². The second-order valence-corrected chi connectivity index (χ2v) is 5.74. The monoisotopic (exact) mass is 331 g/mol. The molecule has 3 heterocycles. The number of halogens is 2. The number of pyridine rings is 1. The van der Waals surface area contributed by atoms with Gasteiger partial charge in [-0.25, -0.2) is 0 Å². The van der Waals surface area contributed by atoms with Crippen molar-refractivity contribution in [1.29, 1.82) is 0 Å². The lowest BCUT2D eigenvalue weighted by Gasteiger charge is -2.20. The Morgan fingerprint density at radius 2 is 1.81 bits per heavy atom. The van der Waals surface area contributed by atoms with Gasteiger partial charge >= 0.3 is 0 Å². The molecule has 3 rings (SSSR count). The fourth-order valence-corrected chi connectivity index (χ4v) is 3.20. The second-order valence-electron chi connectivity index (χ2n) is 5.74. The van der Waals surface area contributed by atoms with E-state index in [1.165, 1.54) is 0 Å². The molecule has 118 valence electrons. The van der Waals surface area contributed by atoms with Crippen molar-refractivity contribution in [3.8, 4) is 0 Å². The number of aryl methyl sites for hydroxylation is 1. The van der Waals surface area contributed by atoms with Gasteiger partial charge in [-0.15, -0.1) is 24.8 Å². The van der Waals surface area contributed by atoms with E-state index in [9.17, 15) is 4.79 Å². The average molecular weight is 332 g/mol. The summed E-state index contributed by atoms with van der Waals surface area (Å²) in [6, 6.07) is 3.79. The Bertz CT molecular complexity index is 452. The Morgan fingerprint density at radius 1 is 1.19 bits per heavy atom. The molecule has 0 saturated carbocycles. The molecule has 0 radical (unpaired) electrons. The molecule has 4 nitrogen and oxygen atoms in total. The lowest BCUT2D eigenvalue weighted by Crippen LogP contribution is -2.32. The van der Waals surface area contributed by atoms with E-state index in [0.717, 1.165) is 62.1 Å². The molecule has 0 spiro atoms. The third-order valence-corrected chi connectivity index (χ3v) is 4.46. The standard InChI is InChI=1S/C15H21N3O.2ClH/c1-11-2-3-14(10-17-11)15(19)18-6-4-12-8-16-9-13(12)5-7-18;;/h2-3,10,12-13,16H,4-9H2,1H3;2*1H/t12-,13+;;. The zero-order valence-electron chi connectivity index (χ0n) is 12.2. The molecule has 0 unspecified atom stereocenters. The molecule has 1 aromatic heterocycles. The first-order chi connectivity index (χ1) is 9.24. The number of fused-ring (bicyclic) bond motifs is 1. The first-order valence-electron chi connectivity index (χ1n) is 7.16. The lowest BCUT2D eigenvalue weighted by molar-refractivity contribution is 0.0758. The van der Waals surface area contributed by atoms with Crippen molar-refractivity contribution in [1.82, 2.24) is 15.2 Å². The number of carbonyl (C=O) groups excluding carboxylic acids is 1. The highest BCUT2D eigenvalue weighted by Gasteiger charge is 2.31. The maximum absolute atomic E-state index is 12.5. The van der Waals surface area contributed by atoms with Crippen LogP contribution in [0, 0.1) is 18.8 Å². The van der Waals surface area contributed by atoms with Gasteiger partial charge < -0.3 is 10.2 Å². The summed E-state index contributed by atoms with van der Waals surface area (Å²) in [5.41, 5.74) is 1.67.